The first-order valence-electron chi connectivity index (χ1n) is 5.65. The number of anilines is 1. The van der Waals surface area contributed by atoms with Crippen molar-refractivity contribution in [3.8, 4) is 0 Å². The predicted molar refractivity (Wildman–Crippen MR) is 78.0 cm³/mol. The molecule has 0 spiro atoms. The van der Waals surface area contributed by atoms with E-state index in [1.165, 1.54) is 6.26 Å². The number of halogens is 1. The molecule has 6 heteroatoms. The van der Waals surface area contributed by atoms with Crippen LogP contribution in [0.2, 0.25) is 0 Å². The summed E-state index contributed by atoms with van der Waals surface area (Å²) in [5, 5.41) is 3.18. The summed E-state index contributed by atoms with van der Waals surface area (Å²) in [4.78, 5) is 0.307. The van der Waals surface area contributed by atoms with Crippen molar-refractivity contribution in [2.75, 3.05) is 11.6 Å². The maximum Gasteiger partial charge on any atom is 0.175 e. The first kappa shape index (κ1) is 14.1. The summed E-state index contributed by atoms with van der Waals surface area (Å²) in [5.74, 6) is 0.774. The minimum absolute atomic E-state index is 0.307. The van der Waals surface area contributed by atoms with Crippen LogP contribution in [0.4, 0.5) is 5.69 Å². The number of nitrogens with one attached hydrogen (secondary N) is 1. The van der Waals surface area contributed by atoms with Crippen molar-refractivity contribution in [2.24, 2.45) is 0 Å². The Bertz CT molecular complexity index is 692. The summed E-state index contributed by atoms with van der Waals surface area (Å²) >= 11 is 3.24. The van der Waals surface area contributed by atoms with Crippen molar-refractivity contribution in [1.82, 2.24) is 0 Å². The molecule has 0 radical (unpaired) electrons. The summed E-state index contributed by atoms with van der Waals surface area (Å²) in [6.07, 6.45) is 1.20. The SMILES string of the molecule is Cc1ccc(S(C)(=O)=O)cc1NCc1ccc(Br)o1. The number of hydrogen-bond donors (Lipinski definition) is 1. The zero-order valence-electron chi connectivity index (χ0n) is 10.6. The van der Waals surface area contributed by atoms with Crippen LogP contribution in [-0.4, -0.2) is 14.7 Å². The smallest absolute Gasteiger partial charge is 0.175 e. The number of rotatable bonds is 4. The number of furan rings is 1. The van der Waals surface area contributed by atoms with Gasteiger partial charge in [0.1, 0.15) is 5.76 Å². The van der Waals surface area contributed by atoms with Gasteiger partial charge in [-0.2, -0.15) is 0 Å². The van der Waals surface area contributed by atoms with E-state index < -0.39 is 9.84 Å². The van der Waals surface area contributed by atoms with Gasteiger partial charge in [0.25, 0.3) is 0 Å². The topological polar surface area (TPSA) is 59.3 Å². The fourth-order valence-corrected chi connectivity index (χ4v) is 2.64. The fraction of sp³-hybridized carbons (Fsp3) is 0.231. The van der Waals surface area contributed by atoms with Gasteiger partial charge in [-0.1, -0.05) is 6.07 Å². The van der Waals surface area contributed by atoms with Crippen LogP contribution in [0.15, 0.2) is 44.3 Å². The van der Waals surface area contributed by atoms with Crippen LogP contribution in [0.3, 0.4) is 0 Å². The highest BCUT2D eigenvalue weighted by Crippen LogP contribution is 2.22. The van der Waals surface area contributed by atoms with Gasteiger partial charge >= 0.3 is 0 Å². The lowest BCUT2D eigenvalue weighted by molar-refractivity contribution is 0.495. The third-order valence-electron chi connectivity index (χ3n) is 2.72. The van der Waals surface area contributed by atoms with Crippen LogP contribution < -0.4 is 5.32 Å². The van der Waals surface area contributed by atoms with Gasteiger partial charge in [-0.05, 0) is 52.7 Å². The lowest BCUT2D eigenvalue weighted by Gasteiger charge is -2.10. The van der Waals surface area contributed by atoms with Gasteiger partial charge in [0.15, 0.2) is 14.5 Å². The van der Waals surface area contributed by atoms with Crippen LogP contribution in [0.25, 0.3) is 0 Å². The molecule has 0 fully saturated rings. The van der Waals surface area contributed by atoms with E-state index in [1.54, 1.807) is 18.2 Å². The normalized spacial score (nSPS) is 11.5. The number of sulfone groups is 1. The maximum atomic E-state index is 11.5. The van der Waals surface area contributed by atoms with Crippen molar-refractivity contribution in [1.29, 1.82) is 0 Å². The Morgan fingerprint density at radius 1 is 1.26 bits per heavy atom. The van der Waals surface area contributed by atoms with E-state index in [-0.39, 0.29) is 0 Å². The number of benzene rings is 1. The molecule has 0 aliphatic carbocycles. The van der Waals surface area contributed by atoms with Gasteiger partial charge in [0.05, 0.1) is 11.4 Å². The zero-order chi connectivity index (χ0) is 14.0. The molecular weight excluding hydrogens is 330 g/mol. The summed E-state index contributed by atoms with van der Waals surface area (Å²) in [6.45, 7) is 2.42. The van der Waals surface area contributed by atoms with Gasteiger partial charge < -0.3 is 9.73 Å². The Morgan fingerprint density at radius 3 is 2.58 bits per heavy atom. The standard InChI is InChI=1S/C13H14BrNO3S/c1-9-3-5-11(19(2,16)17)7-12(9)15-8-10-4-6-13(14)18-10/h3-7,15H,8H2,1-2H3. The minimum atomic E-state index is -3.19. The molecule has 0 aliphatic rings. The molecule has 0 aliphatic heterocycles. The predicted octanol–water partition coefficient (Wildman–Crippen LogP) is 3.37. The van der Waals surface area contributed by atoms with Crippen molar-refractivity contribution in [3.63, 3.8) is 0 Å². The molecule has 0 bridgehead atoms. The molecule has 0 unspecified atom stereocenters. The molecule has 0 saturated carbocycles. The van der Waals surface area contributed by atoms with E-state index in [1.807, 2.05) is 19.1 Å². The molecular formula is C13H14BrNO3S. The van der Waals surface area contributed by atoms with E-state index in [9.17, 15) is 8.42 Å². The second-order valence-corrected chi connectivity index (χ2v) is 7.11. The Kier molecular flexibility index (Phi) is 4.01. The Hall–Kier alpha value is -1.27. The monoisotopic (exact) mass is 343 g/mol. The molecule has 1 heterocycles. The van der Waals surface area contributed by atoms with Crippen LogP contribution in [0.1, 0.15) is 11.3 Å². The van der Waals surface area contributed by atoms with Crippen LogP contribution in [-0.2, 0) is 16.4 Å². The molecule has 1 aromatic heterocycles. The van der Waals surface area contributed by atoms with Gasteiger partial charge in [0.2, 0.25) is 0 Å². The number of hydrogen-bond acceptors (Lipinski definition) is 4. The lowest BCUT2D eigenvalue weighted by Crippen LogP contribution is -2.03. The summed E-state index contributed by atoms with van der Waals surface area (Å²) in [7, 11) is -3.19. The van der Waals surface area contributed by atoms with Crippen LogP contribution >= 0.6 is 15.9 Å². The molecule has 19 heavy (non-hydrogen) atoms. The summed E-state index contributed by atoms with van der Waals surface area (Å²) < 4.78 is 29.1. The lowest BCUT2D eigenvalue weighted by atomic mass is 10.2. The maximum absolute atomic E-state index is 11.5. The molecule has 2 aromatic rings. The fourth-order valence-electron chi connectivity index (χ4n) is 1.65. The van der Waals surface area contributed by atoms with Crippen LogP contribution in [0, 0.1) is 6.92 Å². The largest absolute Gasteiger partial charge is 0.452 e. The average Bonchev–Trinajstić information content (AvgIpc) is 2.72. The molecule has 1 N–H and O–H groups in total. The van der Waals surface area contributed by atoms with E-state index in [2.05, 4.69) is 21.2 Å². The van der Waals surface area contributed by atoms with Gasteiger partial charge in [-0.15, -0.1) is 0 Å². The highest BCUT2D eigenvalue weighted by Gasteiger charge is 2.09. The molecule has 0 amide bonds. The van der Waals surface area contributed by atoms with Crippen molar-refractivity contribution < 1.29 is 12.8 Å². The van der Waals surface area contributed by atoms with Crippen molar-refractivity contribution in [3.05, 3.63) is 46.3 Å². The summed E-state index contributed by atoms with van der Waals surface area (Å²) in [6, 6.07) is 8.71. The molecule has 4 nitrogen and oxygen atoms in total. The van der Waals surface area contributed by atoms with E-state index >= 15 is 0 Å². The van der Waals surface area contributed by atoms with Gasteiger partial charge in [-0.25, -0.2) is 8.42 Å². The van der Waals surface area contributed by atoms with Crippen molar-refractivity contribution >= 4 is 31.5 Å². The second-order valence-electron chi connectivity index (χ2n) is 4.31. The Morgan fingerprint density at radius 2 is 2.00 bits per heavy atom. The molecule has 1 aromatic carbocycles. The third-order valence-corrected chi connectivity index (χ3v) is 4.26. The second kappa shape index (κ2) is 5.38. The quantitative estimate of drug-likeness (QED) is 0.924. The van der Waals surface area contributed by atoms with Gasteiger partial charge in [-0.3, -0.25) is 0 Å². The minimum Gasteiger partial charge on any atom is -0.452 e. The molecule has 0 atom stereocenters. The van der Waals surface area contributed by atoms with Crippen LogP contribution in [0.5, 0.6) is 0 Å². The van der Waals surface area contributed by atoms with E-state index in [0.29, 0.717) is 16.1 Å². The summed E-state index contributed by atoms with van der Waals surface area (Å²) in [5.41, 5.74) is 1.77. The zero-order valence-corrected chi connectivity index (χ0v) is 13.0. The average molecular weight is 344 g/mol. The molecule has 2 rings (SSSR count). The first-order chi connectivity index (χ1) is 8.86. The first-order valence-corrected chi connectivity index (χ1v) is 8.33. The van der Waals surface area contributed by atoms with Crippen molar-refractivity contribution in [2.45, 2.75) is 18.4 Å². The van der Waals surface area contributed by atoms with E-state index in [4.69, 9.17) is 4.42 Å². The Labute approximate surface area is 120 Å². The number of aryl methyl sites for hydroxylation is 1. The third kappa shape index (κ3) is 3.61. The molecule has 0 saturated heterocycles. The molecule has 102 valence electrons. The highest BCUT2D eigenvalue weighted by molar-refractivity contribution is 9.10. The Balaban J connectivity index is 2.20. The van der Waals surface area contributed by atoms with E-state index in [0.717, 1.165) is 17.0 Å². The van der Waals surface area contributed by atoms with Gasteiger partial charge in [0, 0.05) is 11.9 Å². The highest BCUT2D eigenvalue weighted by atomic mass is 79.9.